The number of carbonyl (C=O) groups excluding carboxylic acids is 1. The Morgan fingerprint density at radius 2 is 1.96 bits per heavy atom. The van der Waals surface area contributed by atoms with E-state index in [1.807, 2.05) is 17.9 Å². The van der Waals surface area contributed by atoms with E-state index in [0.29, 0.717) is 37.5 Å². The van der Waals surface area contributed by atoms with Gasteiger partial charge in [0.2, 0.25) is 15.9 Å². The fraction of sp³-hybridized carbons (Fsp3) is 0.611. The molecule has 0 aromatic heterocycles. The van der Waals surface area contributed by atoms with Gasteiger partial charge in [-0.25, -0.2) is 8.42 Å². The van der Waals surface area contributed by atoms with Gasteiger partial charge in [0.05, 0.1) is 13.7 Å². The molecule has 1 unspecified atom stereocenters. The lowest BCUT2D eigenvalue weighted by Crippen LogP contribution is -2.57. The molecule has 9 heteroatoms. The number of piperazine rings is 1. The van der Waals surface area contributed by atoms with E-state index in [4.69, 9.17) is 4.74 Å². The molecule has 2 heterocycles. The van der Waals surface area contributed by atoms with Crippen molar-refractivity contribution in [1.82, 2.24) is 14.5 Å². The van der Waals surface area contributed by atoms with Crippen LogP contribution < -0.4 is 10.1 Å². The normalized spacial score (nSPS) is 21.7. The first-order valence-corrected chi connectivity index (χ1v) is 10.4. The second kappa shape index (κ2) is 8.77. The summed E-state index contributed by atoms with van der Waals surface area (Å²) >= 11 is 0. The molecule has 2 fully saturated rings. The fourth-order valence-corrected chi connectivity index (χ4v) is 5.79. The highest BCUT2D eigenvalue weighted by molar-refractivity contribution is 7.89. The van der Waals surface area contributed by atoms with Crippen molar-refractivity contribution < 1.29 is 17.9 Å². The van der Waals surface area contributed by atoms with E-state index in [9.17, 15) is 13.2 Å². The maximum absolute atomic E-state index is 13.3. The average Bonchev–Trinajstić information content (AvgIpc) is 2.61. The summed E-state index contributed by atoms with van der Waals surface area (Å²) in [5.41, 5.74) is 1.64. The van der Waals surface area contributed by atoms with Gasteiger partial charge in [-0.3, -0.25) is 4.79 Å². The summed E-state index contributed by atoms with van der Waals surface area (Å²) in [6.45, 7) is 6.22. The van der Waals surface area contributed by atoms with Gasteiger partial charge >= 0.3 is 0 Å². The number of sulfonamides is 1. The number of halogens is 1. The van der Waals surface area contributed by atoms with Crippen molar-refractivity contribution in [1.29, 1.82) is 0 Å². The molecule has 3 rings (SSSR count). The number of aryl methyl sites for hydroxylation is 2. The SMILES string of the molecule is COc1cc(C)cc(C)c1S(=O)(=O)N1CCCC(N2CCNCC2=O)C1.Cl. The maximum atomic E-state index is 13.3. The van der Waals surface area contributed by atoms with Crippen LogP contribution in [0.3, 0.4) is 0 Å². The van der Waals surface area contributed by atoms with Gasteiger partial charge in [0.15, 0.2) is 0 Å². The lowest BCUT2D eigenvalue weighted by molar-refractivity contribution is -0.135. The Bertz CT molecular complexity index is 800. The topological polar surface area (TPSA) is 79.0 Å². The van der Waals surface area contributed by atoms with E-state index < -0.39 is 10.0 Å². The zero-order valence-corrected chi connectivity index (χ0v) is 17.7. The van der Waals surface area contributed by atoms with Crippen LogP contribution in [0.5, 0.6) is 5.75 Å². The third kappa shape index (κ3) is 4.39. The Hall–Kier alpha value is -1.35. The summed E-state index contributed by atoms with van der Waals surface area (Å²) in [7, 11) is -2.19. The first-order valence-electron chi connectivity index (χ1n) is 9.00. The van der Waals surface area contributed by atoms with Crippen LogP contribution in [0, 0.1) is 13.8 Å². The molecule has 2 saturated heterocycles. The smallest absolute Gasteiger partial charge is 0.247 e. The van der Waals surface area contributed by atoms with Crippen molar-refractivity contribution in [2.24, 2.45) is 0 Å². The molecule has 152 valence electrons. The highest BCUT2D eigenvalue weighted by Gasteiger charge is 2.37. The molecular weight excluding hydrogens is 390 g/mol. The number of ether oxygens (including phenoxy) is 1. The van der Waals surface area contributed by atoms with Gasteiger partial charge in [-0.1, -0.05) is 6.07 Å². The van der Waals surface area contributed by atoms with E-state index in [1.54, 1.807) is 13.0 Å². The first-order chi connectivity index (χ1) is 12.3. The molecule has 2 aliphatic rings. The number of hydrogen-bond acceptors (Lipinski definition) is 5. The molecule has 0 radical (unpaired) electrons. The molecule has 0 bridgehead atoms. The number of methoxy groups -OCH3 is 1. The summed E-state index contributed by atoms with van der Waals surface area (Å²) in [5, 5.41) is 3.06. The molecule has 0 spiro atoms. The van der Waals surface area contributed by atoms with Crippen LogP contribution in [0.4, 0.5) is 0 Å². The lowest BCUT2D eigenvalue weighted by atomic mass is 10.1. The minimum absolute atomic E-state index is 0. The molecule has 1 N–H and O–H groups in total. The summed E-state index contributed by atoms with van der Waals surface area (Å²) in [6.07, 6.45) is 1.58. The molecule has 0 aliphatic carbocycles. The predicted molar refractivity (Wildman–Crippen MR) is 106 cm³/mol. The number of nitrogens with one attached hydrogen (secondary N) is 1. The van der Waals surface area contributed by atoms with Crippen molar-refractivity contribution >= 4 is 28.3 Å². The Labute approximate surface area is 167 Å². The van der Waals surface area contributed by atoms with Crippen LogP contribution >= 0.6 is 12.4 Å². The van der Waals surface area contributed by atoms with E-state index in [-0.39, 0.29) is 29.3 Å². The Kier molecular flexibility index (Phi) is 7.13. The fourth-order valence-electron chi connectivity index (χ4n) is 3.93. The van der Waals surface area contributed by atoms with Gasteiger partial charge in [0.1, 0.15) is 10.6 Å². The van der Waals surface area contributed by atoms with Gasteiger partial charge in [-0.05, 0) is 43.9 Å². The third-order valence-corrected chi connectivity index (χ3v) is 7.18. The maximum Gasteiger partial charge on any atom is 0.247 e. The van der Waals surface area contributed by atoms with Crippen molar-refractivity contribution in [2.45, 2.75) is 37.6 Å². The van der Waals surface area contributed by atoms with Crippen LogP contribution in [-0.2, 0) is 14.8 Å². The second-order valence-corrected chi connectivity index (χ2v) is 8.91. The number of piperidine rings is 1. The summed E-state index contributed by atoms with van der Waals surface area (Å²) in [5.74, 6) is 0.424. The minimum Gasteiger partial charge on any atom is -0.495 e. The van der Waals surface area contributed by atoms with Gasteiger partial charge in [-0.2, -0.15) is 4.31 Å². The Morgan fingerprint density at radius 3 is 2.63 bits per heavy atom. The number of nitrogens with zero attached hydrogens (tertiary/aromatic N) is 2. The summed E-state index contributed by atoms with van der Waals surface area (Å²) in [6, 6.07) is 3.54. The van der Waals surface area contributed by atoms with Crippen LogP contribution in [0.15, 0.2) is 17.0 Å². The summed E-state index contributed by atoms with van der Waals surface area (Å²) < 4.78 is 33.6. The number of rotatable bonds is 4. The number of amides is 1. The van der Waals surface area contributed by atoms with Gasteiger partial charge < -0.3 is 15.0 Å². The van der Waals surface area contributed by atoms with Gasteiger partial charge in [0.25, 0.3) is 0 Å². The molecule has 1 amide bonds. The second-order valence-electron chi connectivity index (χ2n) is 7.04. The zero-order valence-electron chi connectivity index (χ0n) is 16.0. The van der Waals surface area contributed by atoms with Crippen molar-refractivity contribution in [2.75, 3.05) is 39.8 Å². The number of benzene rings is 1. The molecule has 0 saturated carbocycles. The number of carbonyl (C=O) groups is 1. The Morgan fingerprint density at radius 1 is 1.22 bits per heavy atom. The first kappa shape index (κ1) is 21.9. The molecule has 1 atom stereocenters. The van der Waals surface area contributed by atoms with Crippen molar-refractivity contribution in [3.8, 4) is 5.75 Å². The predicted octanol–water partition coefficient (Wildman–Crippen LogP) is 1.32. The van der Waals surface area contributed by atoms with E-state index in [2.05, 4.69) is 5.32 Å². The minimum atomic E-state index is -3.69. The number of hydrogen-bond donors (Lipinski definition) is 1. The van der Waals surface area contributed by atoms with Gasteiger partial charge in [-0.15, -0.1) is 12.4 Å². The largest absolute Gasteiger partial charge is 0.495 e. The molecule has 1 aromatic carbocycles. The molecule has 1 aromatic rings. The van der Waals surface area contributed by atoms with Crippen molar-refractivity contribution in [3.05, 3.63) is 23.3 Å². The highest BCUT2D eigenvalue weighted by Crippen LogP contribution is 2.33. The molecule has 7 nitrogen and oxygen atoms in total. The van der Waals surface area contributed by atoms with E-state index >= 15 is 0 Å². The average molecular weight is 418 g/mol. The monoisotopic (exact) mass is 417 g/mol. The lowest BCUT2D eigenvalue weighted by Gasteiger charge is -2.40. The summed E-state index contributed by atoms with van der Waals surface area (Å²) in [4.78, 5) is 14.3. The van der Waals surface area contributed by atoms with E-state index in [1.165, 1.54) is 11.4 Å². The standard InChI is InChI=1S/C18H27N3O4S.ClH/c1-13-9-14(2)18(16(10-13)25-3)26(23,24)20-7-4-5-15(12-20)21-8-6-19-11-17(21)22;/h9-10,15,19H,4-8,11-12H2,1-3H3;1H. The molecule has 2 aliphatic heterocycles. The van der Waals surface area contributed by atoms with Crippen LogP contribution in [-0.4, -0.2) is 69.4 Å². The molecule has 27 heavy (non-hydrogen) atoms. The van der Waals surface area contributed by atoms with Crippen LogP contribution in [0.25, 0.3) is 0 Å². The Balaban J connectivity index is 0.00000261. The van der Waals surface area contributed by atoms with Crippen LogP contribution in [0.1, 0.15) is 24.0 Å². The quantitative estimate of drug-likeness (QED) is 0.799. The van der Waals surface area contributed by atoms with Gasteiger partial charge in [0, 0.05) is 32.2 Å². The third-order valence-electron chi connectivity index (χ3n) is 5.13. The highest BCUT2D eigenvalue weighted by atomic mass is 35.5. The van der Waals surface area contributed by atoms with Crippen LogP contribution in [0.2, 0.25) is 0 Å². The zero-order chi connectivity index (χ0) is 18.9. The van der Waals surface area contributed by atoms with E-state index in [0.717, 1.165) is 24.9 Å². The van der Waals surface area contributed by atoms with Crippen molar-refractivity contribution in [3.63, 3.8) is 0 Å². The molecular formula is C18H28ClN3O4S.